The molecule has 0 bridgehead atoms. The van der Waals surface area contributed by atoms with Gasteiger partial charge >= 0.3 is 0 Å². The Kier molecular flexibility index (Phi) is 3.48. The van der Waals surface area contributed by atoms with Crippen LogP contribution >= 0.6 is 0 Å². The largest absolute Gasteiger partial charge is 0.348 e. The van der Waals surface area contributed by atoms with E-state index >= 15 is 0 Å². The minimum atomic E-state index is 0.0636. The van der Waals surface area contributed by atoms with E-state index in [0.29, 0.717) is 0 Å². The van der Waals surface area contributed by atoms with Crippen molar-refractivity contribution in [3.63, 3.8) is 0 Å². The second-order valence-corrected chi connectivity index (χ2v) is 4.94. The average molecular weight is 232 g/mol. The van der Waals surface area contributed by atoms with E-state index in [4.69, 9.17) is 0 Å². The molecular formula is C14H20N2O. The van der Waals surface area contributed by atoms with Gasteiger partial charge in [-0.15, -0.1) is 0 Å². The summed E-state index contributed by atoms with van der Waals surface area (Å²) >= 11 is 0. The Morgan fingerprint density at radius 2 is 1.94 bits per heavy atom. The van der Waals surface area contributed by atoms with Crippen molar-refractivity contribution >= 4 is 5.91 Å². The quantitative estimate of drug-likeness (QED) is 0.815. The first-order valence-electron chi connectivity index (χ1n) is 6.17. The van der Waals surface area contributed by atoms with Crippen LogP contribution in [-0.4, -0.2) is 25.0 Å². The number of amides is 1. The lowest BCUT2D eigenvalue weighted by Crippen LogP contribution is -2.36. The molecule has 0 aromatic heterocycles. The molecule has 0 radical (unpaired) electrons. The number of hydrogen-bond donors (Lipinski definition) is 2. The summed E-state index contributed by atoms with van der Waals surface area (Å²) in [6, 6.07) is 4.41. The molecule has 2 N–H and O–H groups in total. The van der Waals surface area contributed by atoms with Gasteiger partial charge in [0.2, 0.25) is 0 Å². The van der Waals surface area contributed by atoms with Gasteiger partial charge in [-0.25, -0.2) is 0 Å². The lowest BCUT2D eigenvalue weighted by atomic mass is 9.99. The normalized spacial score (nSPS) is 19.4. The Morgan fingerprint density at radius 1 is 1.29 bits per heavy atom. The number of hydrogen-bond acceptors (Lipinski definition) is 2. The summed E-state index contributed by atoms with van der Waals surface area (Å²) in [5, 5.41) is 6.35. The summed E-state index contributed by atoms with van der Waals surface area (Å²) in [5.74, 6) is 0.0636. The maximum absolute atomic E-state index is 12.2. The Hall–Kier alpha value is -1.35. The molecule has 1 fully saturated rings. The first-order chi connectivity index (χ1) is 8.08. The van der Waals surface area contributed by atoms with Gasteiger partial charge in [-0.05, 0) is 44.9 Å². The van der Waals surface area contributed by atoms with Crippen molar-refractivity contribution in [1.29, 1.82) is 0 Å². The van der Waals surface area contributed by atoms with Crippen molar-refractivity contribution < 1.29 is 4.79 Å². The van der Waals surface area contributed by atoms with Crippen molar-refractivity contribution in [1.82, 2.24) is 10.6 Å². The third-order valence-electron chi connectivity index (χ3n) is 3.30. The highest BCUT2D eigenvalue weighted by Crippen LogP contribution is 2.16. The fourth-order valence-electron chi connectivity index (χ4n) is 2.57. The predicted molar refractivity (Wildman–Crippen MR) is 69.4 cm³/mol. The van der Waals surface area contributed by atoms with Crippen LogP contribution in [0.25, 0.3) is 0 Å². The van der Waals surface area contributed by atoms with Gasteiger partial charge in [0.15, 0.2) is 0 Å². The molecule has 1 aliphatic heterocycles. The van der Waals surface area contributed by atoms with Crippen LogP contribution in [0.3, 0.4) is 0 Å². The van der Waals surface area contributed by atoms with Gasteiger partial charge in [0.05, 0.1) is 0 Å². The lowest BCUT2D eigenvalue weighted by Gasteiger charge is -2.15. The SMILES string of the molecule is Cc1cc(C)c(C(=O)N[C@H]2CCNC2)c(C)c1. The minimum absolute atomic E-state index is 0.0636. The molecule has 2 rings (SSSR count). The maximum atomic E-state index is 12.2. The maximum Gasteiger partial charge on any atom is 0.252 e. The lowest BCUT2D eigenvalue weighted by molar-refractivity contribution is 0.0939. The molecule has 1 saturated heterocycles. The van der Waals surface area contributed by atoms with Gasteiger partial charge in [-0.2, -0.15) is 0 Å². The highest BCUT2D eigenvalue weighted by atomic mass is 16.1. The van der Waals surface area contributed by atoms with Gasteiger partial charge < -0.3 is 10.6 Å². The number of carbonyl (C=O) groups excluding carboxylic acids is 1. The van der Waals surface area contributed by atoms with Gasteiger partial charge in [0.1, 0.15) is 0 Å². The van der Waals surface area contributed by atoms with Crippen LogP contribution in [0, 0.1) is 20.8 Å². The van der Waals surface area contributed by atoms with Crippen LogP contribution < -0.4 is 10.6 Å². The fourth-order valence-corrected chi connectivity index (χ4v) is 2.57. The molecule has 3 nitrogen and oxygen atoms in total. The summed E-state index contributed by atoms with van der Waals surface area (Å²) in [5.41, 5.74) is 4.17. The molecule has 3 heteroatoms. The van der Waals surface area contributed by atoms with Crippen molar-refractivity contribution in [3.05, 3.63) is 34.4 Å². The molecule has 1 amide bonds. The zero-order valence-electron chi connectivity index (χ0n) is 10.8. The topological polar surface area (TPSA) is 41.1 Å². The minimum Gasteiger partial charge on any atom is -0.348 e. The molecule has 1 aromatic carbocycles. The van der Waals surface area contributed by atoms with Crippen molar-refractivity contribution in [2.24, 2.45) is 0 Å². The molecular weight excluding hydrogens is 212 g/mol. The van der Waals surface area contributed by atoms with Gasteiger partial charge in [-0.3, -0.25) is 4.79 Å². The van der Waals surface area contributed by atoms with E-state index in [-0.39, 0.29) is 11.9 Å². The number of rotatable bonds is 2. The highest BCUT2D eigenvalue weighted by molar-refractivity contribution is 5.97. The Labute approximate surface area is 103 Å². The summed E-state index contributed by atoms with van der Waals surface area (Å²) in [7, 11) is 0. The first kappa shape index (κ1) is 12.1. The van der Waals surface area contributed by atoms with Crippen molar-refractivity contribution in [2.45, 2.75) is 33.2 Å². The number of nitrogens with one attached hydrogen (secondary N) is 2. The van der Waals surface area contributed by atoms with Crippen LogP contribution in [-0.2, 0) is 0 Å². The summed E-state index contributed by atoms with van der Waals surface area (Å²) < 4.78 is 0. The van der Waals surface area contributed by atoms with Gasteiger partial charge in [0, 0.05) is 18.2 Å². The van der Waals surface area contributed by atoms with E-state index in [9.17, 15) is 4.79 Å². The van der Waals surface area contributed by atoms with E-state index in [1.165, 1.54) is 5.56 Å². The van der Waals surface area contributed by atoms with E-state index in [0.717, 1.165) is 36.2 Å². The van der Waals surface area contributed by atoms with E-state index in [1.807, 2.05) is 13.8 Å². The fraction of sp³-hybridized carbons (Fsp3) is 0.500. The van der Waals surface area contributed by atoms with E-state index < -0.39 is 0 Å². The highest BCUT2D eigenvalue weighted by Gasteiger charge is 2.19. The summed E-state index contributed by atoms with van der Waals surface area (Å²) in [4.78, 5) is 12.2. The Balaban J connectivity index is 2.18. The van der Waals surface area contributed by atoms with Crippen LogP contribution in [0.15, 0.2) is 12.1 Å². The first-order valence-corrected chi connectivity index (χ1v) is 6.17. The second kappa shape index (κ2) is 4.88. The standard InChI is InChI=1S/C14H20N2O/c1-9-6-10(2)13(11(3)7-9)14(17)16-12-4-5-15-8-12/h6-7,12,15H,4-5,8H2,1-3H3,(H,16,17)/t12-/m0/s1. The average Bonchev–Trinajstić information content (AvgIpc) is 2.68. The molecule has 17 heavy (non-hydrogen) atoms. The smallest absolute Gasteiger partial charge is 0.252 e. The van der Waals surface area contributed by atoms with Crippen molar-refractivity contribution in [2.75, 3.05) is 13.1 Å². The number of carbonyl (C=O) groups is 1. The van der Waals surface area contributed by atoms with Crippen LogP contribution in [0.4, 0.5) is 0 Å². The zero-order valence-corrected chi connectivity index (χ0v) is 10.8. The molecule has 1 atom stereocenters. The Morgan fingerprint density at radius 3 is 2.47 bits per heavy atom. The third-order valence-corrected chi connectivity index (χ3v) is 3.30. The predicted octanol–water partition coefficient (Wildman–Crippen LogP) is 1.70. The molecule has 1 heterocycles. The monoisotopic (exact) mass is 232 g/mol. The van der Waals surface area contributed by atoms with E-state index in [1.54, 1.807) is 0 Å². The molecule has 0 saturated carbocycles. The Bertz CT molecular complexity index is 411. The molecule has 0 spiro atoms. The second-order valence-electron chi connectivity index (χ2n) is 4.94. The summed E-state index contributed by atoms with van der Waals surface area (Å²) in [6.45, 7) is 7.94. The van der Waals surface area contributed by atoms with Gasteiger partial charge in [0.25, 0.3) is 5.91 Å². The van der Waals surface area contributed by atoms with E-state index in [2.05, 4.69) is 29.7 Å². The van der Waals surface area contributed by atoms with Crippen LogP contribution in [0.2, 0.25) is 0 Å². The molecule has 0 aliphatic carbocycles. The number of aryl methyl sites for hydroxylation is 3. The molecule has 0 unspecified atom stereocenters. The zero-order chi connectivity index (χ0) is 12.4. The van der Waals surface area contributed by atoms with Crippen LogP contribution in [0.1, 0.15) is 33.5 Å². The van der Waals surface area contributed by atoms with Crippen LogP contribution in [0.5, 0.6) is 0 Å². The molecule has 92 valence electrons. The third kappa shape index (κ3) is 2.67. The molecule has 1 aliphatic rings. The molecule has 1 aromatic rings. The van der Waals surface area contributed by atoms with Crippen molar-refractivity contribution in [3.8, 4) is 0 Å². The van der Waals surface area contributed by atoms with Gasteiger partial charge in [-0.1, -0.05) is 17.7 Å². The number of benzene rings is 1. The summed E-state index contributed by atoms with van der Waals surface area (Å²) in [6.07, 6.45) is 1.02.